The number of ether oxygens (including phenoxy) is 1. The highest BCUT2D eigenvalue weighted by molar-refractivity contribution is 5.92. The highest BCUT2D eigenvalue weighted by Crippen LogP contribution is 2.14. The molecule has 0 fully saturated rings. The Balaban J connectivity index is 2.67. The lowest BCUT2D eigenvalue weighted by atomic mass is 10.2. The predicted molar refractivity (Wildman–Crippen MR) is 69.7 cm³/mol. The van der Waals surface area contributed by atoms with Crippen LogP contribution in [0.4, 0.5) is 5.69 Å². The Bertz CT molecular complexity index is 442. The van der Waals surface area contributed by atoms with E-state index in [-0.39, 0.29) is 12.5 Å². The average Bonchev–Trinajstić information content (AvgIpc) is 2.35. The van der Waals surface area contributed by atoms with Gasteiger partial charge in [0.1, 0.15) is 0 Å². The largest absolute Gasteiger partial charge is 0.452 e. The summed E-state index contributed by atoms with van der Waals surface area (Å²) in [7, 11) is 7.01. The molecule has 1 rings (SSSR count). The third-order valence-corrected chi connectivity index (χ3v) is 2.42. The lowest BCUT2D eigenvalue weighted by Gasteiger charge is -2.14. The summed E-state index contributed by atoms with van der Waals surface area (Å²) in [6.45, 7) is -0.238. The normalized spacial score (nSPS) is 9.78. The lowest BCUT2D eigenvalue weighted by molar-refractivity contribution is -0.131. The molecule has 0 aliphatic heterocycles. The monoisotopic (exact) mass is 250 g/mol. The third kappa shape index (κ3) is 3.76. The summed E-state index contributed by atoms with van der Waals surface area (Å²) in [5.74, 6) is -0.735. The Morgan fingerprint density at radius 2 is 1.83 bits per heavy atom. The van der Waals surface area contributed by atoms with Gasteiger partial charge in [0.15, 0.2) is 6.61 Å². The zero-order chi connectivity index (χ0) is 13.7. The highest BCUT2D eigenvalue weighted by Gasteiger charge is 2.11. The predicted octanol–water partition coefficient (Wildman–Crippen LogP) is 0.998. The van der Waals surface area contributed by atoms with Crippen LogP contribution in [0.2, 0.25) is 0 Å². The summed E-state index contributed by atoms with van der Waals surface area (Å²) in [6.07, 6.45) is 0. The van der Waals surface area contributed by atoms with Gasteiger partial charge in [0.05, 0.1) is 5.56 Å². The van der Waals surface area contributed by atoms with E-state index < -0.39 is 5.97 Å². The number of amides is 1. The van der Waals surface area contributed by atoms with Crippen molar-refractivity contribution < 1.29 is 14.3 Å². The Labute approximate surface area is 107 Å². The number of rotatable bonds is 4. The lowest BCUT2D eigenvalue weighted by Crippen LogP contribution is -2.27. The molecule has 0 spiro atoms. The first-order chi connectivity index (χ1) is 8.41. The van der Waals surface area contributed by atoms with E-state index in [9.17, 15) is 9.59 Å². The molecule has 1 aromatic carbocycles. The first-order valence-corrected chi connectivity index (χ1v) is 5.56. The fraction of sp³-hybridized carbons (Fsp3) is 0.385. The second kappa shape index (κ2) is 6.05. The van der Waals surface area contributed by atoms with E-state index in [0.29, 0.717) is 5.56 Å². The zero-order valence-electron chi connectivity index (χ0n) is 11.1. The fourth-order valence-corrected chi connectivity index (χ4v) is 1.25. The maximum absolute atomic E-state index is 11.7. The molecule has 0 N–H and O–H groups in total. The molecule has 0 unspecified atom stereocenters. The molecule has 1 aromatic rings. The molecular weight excluding hydrogens is 232 g/mol. The van der Waals surface area contributed by atoms with E-state index in [2.05, 4.69) is 0 Å². The molecule has 0 bridgehead atoms. The Kier molecular flexibility index (Phi) is 4.71. The maximum atomic E-state index is 11.7. The summed E-state index contributed by atoms with van der Waals surface area (Å²) >= 11 is 0. The van der Waals surface area contributed by atoms with Crippen molar-refractivity contribution in [1.82, 2.24) is 4.90 Å². The molecule has 0 saturated carbocycles. The van der Waals surface area contributed by atoms with Gasteiger partial charge in [-0.1, -0.05) is 6.07 Å². The topological polar surface area (TPSA) is 49.9 Å². The van der Waals surface area contributed by atoms with Crippen molar-refractivity contribution in [3.63, 3.8) is 0 Å². The Hall–Kier alpha value is -2.04. The molecule has 98 valence electrons. The number of hydrogen-bond acceptors (Lipinski definition) is 4. The van der Waals surface area contributed by atoms with E-state index >= 15 is 0 Å². The fourth-order valence-electron chi connectivity index (χ4n) is 1.25. The van der Waals surface area contributed by atoms with Crippen molar-refractivity contribution in [2.45, 2.75) is 0 Å². The molecule has 18 heavy (non-hydrogen) atoms. The Morgan fingerprint density at radius 1 is 1.17 bits per heavy atom. The molecule has 0 atom stereocenters. The van der Waals surface area contributed by atoms with Gasteiger partial charge in [-0.05, 0) is 18.2 Å². The van der Waals surface area contributed by atoms with Crippen LogP contribution in [0.5, 0.6) is 0 Å². The summed E-state index contributed by atoms with van der Waals surface area (Å²) in [5, 5.41) is 0. The van der Waals surface area contributed by atoms with E-state index in [1.54, 1.807) is 32.3 Å². The molecule has 5 nitrogen and oxygen atoms in total. The second-order valence-corrected chi connectivity index (χ2v) is 4.31. The number of hydrogen-bond donors (Lipinski definition) is 0. The van der Waals surface area contributed by atoms with Gasteiger partial charge in [0.2, 0.25) is 0 Å². The van der Waals surface area contributed by atoms with Crippen LogP contribution in [0, 0.1) is 0 Å². The molecule has 0 aliphatic carbocycles. The standard InChI is InChI=1S/C13H18N2O3/c1-14(2)11-7-5-6-10(8-11)13(17)18-9-12(16)15(3)4/h5-8H,9H2,1-4H3. The number of benzene rings is 1. The number of carbonyl (C=O) groups excluding carboxylic acids is 2. The van der Waals surface area contributed by atoms with E-state index in [1.807, 2.05) is 25.1 Å². The van der Waals surface area contributed by atoms with Gasteiger partial charge in [-0.2, -0.15) is 0 Å². The van der Waals surface area contributed by atoms with E-state index in [4.69, 9.17) is 4.74 Å². The molecule has 0 radical (unpaired) electrons. The summed E-state index contributed by atoms with van der Waals surface area (Å²) in [6, 6.07) is 7.05. The van der Waals surface area contributed by atoms with Crippen molar-refractivity contribution in [3.05, 3.63) is 29.8 Å². The van der Waals surface area contributed by atoms with Gasteiger partial charge >= 0.3 is 5.97 Å². The van der Waals surface area contributed by atoms with Crippen LogP contribution >= 0.6 is 0 Å². The van der Waals surface area contributed by atoms with Crippen LogP contribution in [0.25, 0.3) is 0 Å². The molecule has 0 saturated heterocycles. The van der Waals surface area contributed by atoms with Gasteiger partial charge in [0, 0.05) is 33.9 Å². The Morgan fingerprint density at radius 3 is 2.39 bits per heavy atom. The highest BCUT2D eigenvalue weighted by atomic mass is 16.5. The minimum Gasteiger partial charge on any atom is -0.452 e. The first kappa shape index (κ1) is 14.0. The van der Waals surface area contributed by atoms with Crippen LogP contribution in [-0.4, -0.2) is 51.6 Å². The molecular formula is C13H18N2O3. The third-order valence-electron chi connectivity index (χ3n) is 2.42. The quantitative estimate of drug-likeness (QED) is 0.748. The molecule has 1 amide bonds. The number of esters is 1. The van der Waals surface area contributed by atoms with E-state index in [1.165, 1.54) is 4.90 Å². The van der Waals surface area contributed by atoms with Crippen LogP contribution in [0.15, 0.2) is 24.3 Å². The summed E-state index contributed by atoms with van der Waals surface area (Å²) < 4.78 is 4.94. The van der Waals surface area contributed by atoms with Crippen LogP contribution < -0.4 is 4.90 Å². The first-order valence-electron chi connectivity index (χ1n) is 5.56. The van der Waals surface area contributed by atoms with Gasteiger partial charge in [-0.15, -0.1) is 0 Å². The molecule has 0 aliphatic rings. The van der Waals surface area contributed by atoms with Gasteiger partial charge < -0.3 is 14.5 Å². The van der Waals surface area contributed by atoms with Crippen LogP contribution in [0.1, 0.15) is 10.4 Å². The smallest absolute Gasteiger partial charge is 0.338 e. The van der Waals surface area contributed by atoms with Crippen molar-refractivity contribution in [2.24, 2.45) is 0 Å². The van der Waals surface area contributed by atoms with Gasteiger partial charge in [-0.3, -0.25) is 4.79 Å². The summed E-state index contributed by atoms with van der Waals surface area (Å²) in [5.41, 5.74) is 1.34. The second-order valence-electron chi connectivity index (χ2n) is 4.31. The minimum atomic E-state index is -0.492. The number of carbonyl (C=O) groups is 2. The van der Waals surface area contributed by atoms with Crippen LogP contribution in [0.3, 0.4) is 0 Å². The van der Waals surface area contributed by atoms with Crippen LogP contribution in [-0.2, 0) is 9.53 Å². The number of likely N-dealkylation sites (N-methyl/N-ethyl adjacent to an activating group) is 1. The SMILES string of the molecule is CN(C)C(=O)COC(=O)c1cccc(N(C)C)c1. The van der Waals surface area contributed by atoms with E-state index in [0.717, 1.165) is 5.69 Å². The van der Waals surface area contributed by atoms with Gasteiger partial charge in [0.25, 0.3) is 5.91 Å². The minimum absolute atomic E-state index is 0.238. The molecule has 5 heteroatoms. The van der Waals surface area contributed by atoms with Crippen molar-refractivity contribution in [2.75, 3.05) is 39.7 Å². The summed E-state index contributed by atoms with van der Waals surface area (Å²) in [4.78, 5) is 26.3. The zero-order valence-corrected chi connectivity index (χ0v) is 11.1. The maximum Gasteiger partial charge on any atom is 0.338 e. The number of anilines is 1. The van der Waals surface area contributed by atoms with Crippen molar-refractivity contribution >= 4 is 17.6 Å². The van der Waals surface area contributed by atoms with Crippen molar-refractivity contribution in [1.29, 1.82) is 0 Å². The molecule has 0 heterocycles. The van der Waals surface area contributed by atoms with Gasteiger partial charge in [-0.25, -0.2) is 4.79 Å². The average molecular weight is 250 g/mol. The molecule has 0 aromatic heterocycles. The number of nitrogens with zero attached hydrogens (tertiary/aromatic N) is 2. The van der Waals surface area contributed by atoms with Crippen molar-refractivity contribution in [3.8, 4) is 0 Å².